The zero-order valence-corrected chi connectivity index (χ0v) is 12.9. The van der Waals surface area contributed by atoms with Crippen molar-refractivity contribution in [3.63, 3.8) is 0 Å². The molecule has 1 heterocycles. The third-order valence-corrected chi connectivity index (χ3v) is 5.02. The van der Waals surface area contributed by atoms with Gasteiger partial charge in [0.1, 0.15) is 0 Å². The van der Waals surface area contributed by atoms with Crippen molar-refractivity contribution in [2.45, 2.75) is 52.2 Å². The summed E-state index contributed by atoms with van der Waals surface area (Å²) in [5.41, 5.74) is 2.99. The number of nitrogens with one attached hydrogen (secondary N) is 1. The maximum atomic E-state index is 3.55. The van der Waals surface area contributed by atoms with Crippen LogP contribution in [0.5, 0.6) is 0 Å². The summed E-state index contributed by atoms with van der Waals surface area (Å²) in [6.07, 6.45) is 4.41. The van der Waals surface area contributed by atoms with Crippen LogP contribution in [-0.4, -0.2) is 24.0 Å². The van der Waals surface area contributed by atoms with Crippen LogP contribution in [0.1, 0.15) is 44.2 Å². The molecule has 1 aromatic carbocycles. The van der Waals surface area contributed by atoms with Gasteiger partial charge in [-0.15, -0.1) is 0 Å². The number of benzene rings is 1. The number of likely N-dealkylation sites (tertiary alicyclic amines) is 1. The summed E-state index contributed by atoms with van der Waals surface area (Å²) >= 11 is 0. The molecule has 2 nitrogen and oxygen atoms in total. The van der Waals surface area contributed by atoms with E-state index in [2.05, 4.69) is 48.3 Å². The fraction of sp³-hybridized carbons (Fsp3) is 0.667. The minimum Gasteiger partial charge on any atom is -0.310 e. The first-order chi connectivity index (χ1) is 9.72. The van der Waals surface area contributed by atoms with Crippen LogP contribution in [0.25, 0.3) is 0 Å². The van der Waals surface area contributed by atoms with Gasteiger partial charge in [0.2, 0.25) is 0 Å². The minimum absolute atomic E-state index is 0.550. The van der Waals surface area contributed by atoms with Gasteiger partial charge in [-0.1, -0.05) is 44.5 Å². The van der Waals surface area contributed by atoms with E-state index in [4.69, 9.17) is 0 Å². The fourth-order valence-electron chi connectivity index (χ4n) is 3.90. The van der Waals surface area contributed by atoms with E-state index in [1.807, 2.05) is 0 Å². The van der Waals surface area contributed by atoms with E-state index in [1.165, 1.54) is 43.5 Å². The highest BCUT2D eigenvalue weighted by molar-refractivity contribution is 5.27. The highest BCUT2D eigenvalue weighted by Crippen LogP contribution is 2.38. The number of hydrogen-bond acceptors (Lipinski definition) is 2. The standard InChI is InChI=1S/C18H28N2/c1-14(2)19-10-15-6-3-4-7-16(15)11-20-12-17-8-5-9-18(17)13-20/h3-4,6-7,14,17-19H,5,8-13H2,1-2H3. The zero-order chi connectivity index (χ0) is 13.9. The third kappa shape index (κ3) is 3.24. The second-order valence-electron chi connectivity index (χ2n) is 6.95. The Bertz CT molecular complexity index is 429. The minimum atomic E-state index is 0.550. The van der Waals surface area contributed by atoms with Crippen molar-refractivity contribution >= 4 is 0 Å². The first kappa shape index (κ1) is 14.1. The Morgan fingerprint density at radius 3 is 2.40 bits per heavy atom. The molecule has 0 aromatic heterocycles. The Labute approximate surface area is 123 Å². The molecular formula is C18H28N2. The summed E-state index contributed by atoms with van der Waals surface area (Å²) in [4.78, 5) is 2.68. The molecule has 20 heavy (non-hydrogen) atoms. The molecule has 2 heteroatoms. The first-order valence-electron chi connectivity index (χ1n) is 8.25. The molecule has 110 valence electrons. The highest BCUT2D eigenvalue weighted by Gasteiger charge is 2.35. The van der Waals surface area contributed by atoms with Crippen molar-refractivity contribution in [2.75, 3.05) is 13.1 Å². The van der Waals surface area contributed by atoms with Gasteiger partial charge in [0.05, 0.1) is 0 Å². The Kier molecular flexibility index (Phi) is 4.42. The second kappa shape index (κ2) is 6.28. The molecule has 1 saturated heterocycles. The summed E-state index contributed by atoms with van der Waals surface area (Å²) < 4.78 is 0. The molecule has 1 aliphatic heterocycles. The van der Waals surface area contributed by atoms with Gasteiger partial charge in [0.25, 0.3) is 0 Å². The molecule has 3 rings (SSSR count). The topological polar surface area (TPSA) is 15.3 Å². The van der Waals surface area contributed by atoms with Crippen LogP contribution < -0.4 is 5.32 Å². The molecule has 0 amide bonds. The van der Waals surface area contributed by atoms with Gasteiger partial charge in [-0.05, 0) is 35.8 Å². The van der Waals surface area contributed by atoms with Gasteiger partial charge >= 0.3 is 0 Å². The molecule has 1 aliphatic carbocycles. The number of hydrogen-bond donors (Lipinski definition) is 1. The van der Waals surface area contributed by atoms with Crippen LogP contribution in [0.3, 0.4) is 0 Å². The highest BCUT2D eigenvalue weighted by atomic mass is 15.2. The van der Waals surface area contributed by atoms with Crippen LogP contribution in [-0.2, 0) is 13.1 Å². The quantitative estimate of drug-likeness (QED) is 0.883. The summed E-state index contributed by atoms with van der Waals surface area (Å²) in [5, 5.41) is 3.55. The van der Waals surface area contributed by atoms with Gasteiger partial charge in [-0.2, -0.15) is 0 Å². The average molecular weight is 272 g/mol. The Morgan fingerprint density at radius 1 is 1.10 bits per heavy atom. The summed E-state index contributed by atoms with van der Waals surface area (Å²) in [6, 6.07) is 9.49. The van der Waals surface area contributed by atoms with E-state index in [9.17, 15) is 0 Å². The van der Waals surface area contributed by atoms with E-state index in [-0.39, 0.29) is 0 Å². The third-order valence-electron chi connectivity index (χ3n) is 5.02. The van der Waals surface area contributed by atoms with Gasteiger partial charge in [0, 0.05) is 32.2 Å². The molecule has 2 unspecified atom stereocenters. The fourth-order valence-corrected chi connectivity index (χ4v) is 3.90. The maximum Gasteiger partial charge on any atom is 0.0237 e. The SMILES string of the molecule is CC(C)NCc1ccccc1CN1CC2CCCC2C1. The molecular weight excluding hydrogens is 244 g/mol. The average Bonchev–Trinajstić information content (AvgIpc) is 2.98. The molecule has 0 radical (unpaired) electrons. The molecule has 2 aliphatic rings. The first-order valence-corrected chi connectivity index (χ1v) is 8.25. The van der Waals surface area contributed by atoms with Crippen molar-refractivity contribution in [3.05, 3.63) is 35.4 Å². The molecule has 2 fully saturated rings. The summed E-state index contributed by atoms with van der Waals surface area (Å²) in [7, 11) is 0. The lowest BCUT2D eigenvalue weighted by molar-refractivity contribution is 0.302. The molecule has 0 bridgehead atoms. The van der Waals surface area contributed by atoms with E-state index < -0.39 is 0 Å². The Morgan fingerprint density at radius 2 is 1.75 bits per heavy atom. The lowest BCUT2D eigenvalue weighted by atomic mass is 10.0. The maximum absolute atomic E-state index is 3.55. The van der Waals surface area contributed by atoms with Gasteiger partial charge < -0.3 is 5.32 Å². The number of fused-ring (bicyclic) bond motifs is 1. The number of rotatable bonds is 5. The van der Waals surface area contributed by atoms with Crippen LogP contribution in [0.15, 0.2) is 24.3 Å². The van der Waals surface area contributed by atoms with E-state index in [1.54, 1.807) is 0 Å². The predicted molar refractivity (Wildman–Crippen MR) is 84.5 cm³/mol. The second-order valence-corrected chi connectivity index (χ2v) is 6.95. The zero-order valence-electron chi connectivity index (χ0n) is 12.9. The van der Waals surface area contributed by atoms with Crippen LogP contribution in [0.2, 0.25) is 0 Å². The monoisotopic (exact) mass is 272 g/mol. The summed E-state index contributed by atoms with van der Waals surface area (Å²) in [5.74, 6) is 1.99. The van der Waals surface area contributed by atoms with Gasteiger partial charge in [-0.25, -0.2) is 0 Å². The largest absolute Gasteiger partial charge is 0.310 e. The lowest BCUT2D eigenvalue weighted by Crippen LogP contribution is -2.25. The van der Waals surface area contributed by atoms with E-state index in [0.29, 0.717) is 6.04 Å². The van der Waals surface area contributed by atoms with Crippen LogP contribution in [0, 0.1) is 11.8 Å². The normalized spacial score (nSPS) is 26.4. The molecule has 1 saturated carbocycles. The van der Waals surface area contributed by atoms with Crippen molar-refractivity contribution < 1.29 is 0 Å². The summed E-state index contributed by atoms with van der Waals surface area (Å²) in [6.45, 7) is 9.22. The molecule has 1 N–H and O–H groups in total. The van der Waals surface area contributed by atoms with Crippen molar-refractivity contribution in [1.82, 2.24) is 10.2 Å². The Hall–Kier alpha value is -0.860. The van der Waals surface area contributed by atoms with Gasteiger partial charge in [-0.3, -0.25) is 4.90 Å². The van der Waals surface area contributed by atoms with Crippen LogP contribution >= 0.6 is 0 Å². The van der Waals surface area contributed by atoms with E-state index in [0.717, 1.165) is 24.9 Å². The van der Waals surface area contributed by atoms with Crippen LogP contribution in [0.4, 0.5) is 0 Å². The van der Waals surface area contributed by atoms with Gasteiger partial charge in [0.15, 0.2) is 0 Å². The molecule has 0 spiro atoms. The lowest BCUT2D eigenvalue weighted by Gasteiger charge is -2.19. The van der Waals surface area contributed by atoms with Crippen molar-refractivity contribution in [2.24, 2.45) is 11.8 Å². The number of nitrogens with zero attached hydrogens (tertiary/aromatic N) is 1. The Balaban J connectivity index is 1.62. The van der Waals surface area contributed by atoms with E-state index >= 15 is 0 Å². The smallest absolute Gasteiger partial charge is 0.0237 e. The molecule has 1 aromatic rings. The van der Waals surface area contributed by atoms with Crippen molar-refractivity contribution in [3.8, 4) is 0 Å². The van der Waals surface area contributed by atoms with Crippen molar-refractivity contribution in [1.29, 1.82) is 0 Å². The molecule has 2 atom stereocenters. The predicted octanol–water partition coefficient (Wildman–Crippen LogP) is 3.42.